The highest BCUT2D eigenvalue weighted by Crippen LogP contribution is 2.26. The zero-order chi connectivity index (χ0) is 11.4. The third-order valence-corrected chi connectivity index (χ3v) is 2.70. The Morgan fingerprint density at radius 2 is 2.20 bits per heavy atom. The molecule has 0 fully saturated rings. The van der Waals surface area contributed by atoms with Gasteiger partial charge >= 0.3 is 0 Å². The molecule has 0 heterocycles. The molecule has 15 heavy (non-hydrogen) atoms. The molecule has 1 rings (SSSR count). The molecule has 1 aliphatic rings. The maximum Gasteiger partial charge on any atom is 0.100 e. The first kappa shape index (κ1) is 12.1. The van der Waals surface area contributed by atoms with Crippen molar-refractivity contribution in [2.75, 3.05) is 27.2 Å². The van der Waals surface area contributed by atoms with E-state index in [0.29, 0.717) is 5.92 Å². The van der Waals surface area contributed by atoms with Crippen LogP contribution in [0.25, 0.3) is 0 Å². The first-order valence-electron chi connectivity index (χ1n) is 5.45. The first-order chi connectivity index (χ1) is 7.00. The van der Waals surface area contributed by atoms with E-state index in [1.807, 2.05) is 20.2 Å². The van der Waals surface area contributed by atoms with Crippen molar-refractivity contribution in [3.63, 3.8) is 0 Å². The van der Waals surface area contributed by atoms with Crippen LogP contribution in [0, 0.1) is 5.92 Å². The lowest BCUT2D eigenvalue weighted by Gasteiger charge is -2.23. The Morgan fingerprint density at radius 1 is 1.53 bits per heavy atom. The van der Waals surface area contributed by atoms with Crippen LogP contribution in [-0.2, 0) is 4.74 Å². The summed E-state index contributed by atoms with van der Waals surface area (Å²) in [7, 11) is 4.10. The second kappa shape index (κ2) is 5.21. The highest BCUT2D eigenvalue weighted by Gasteiger charge is 2.16. The average molecular weight is 210 g/mol. The zero-order valence-corrected chi connectivity index (χ0v) is 10.2. The van der Waals surface area contributed by atoms with Gasteiger partial charge < -0.3 is 15.4 Å². The molecule has 0 saturated heterocycles. The summed E-state index contributed by atoms with van der Waals surface area (Å²) in [6.07, 6.45) is 2.96. The number of hydrogen-bond donors (Lipinski definition) is 1. The van der Waals surface area contributed by atoms with Crippen LogP contribution in [-0.4, -0.2) is 32.1 Å². The highest BCUT2D eigenvalue weighted by molar-refractivity contribution is 5.29. The van der Waals surface area contributed by atoms with Crippen LogP contribution in [0.5, 0.6) is 0 Å². The lowest BCUT2D eigenvalue weighted by Crippen LogP contribution is -2.20. The molecule has 0 bridgehead atoms. The zero-order valence-electron chi connectivity index (χ0n) is 10.2. The number of nitrogens with two attached hydrogens (primary N) is 1. The lowest BCUT2D eigenvalue weighted by molar-refractivity contribution is 0.167. The van der Waals surface area contributed by atoms with Crippen LogP contribution < -0.4 is 5.73 Å². The van der Waals surface area contributed by atoms with E-state index in [-0.39, 0.29) is 0 Å². The monoisotopic (exact) mass is 210 g/mol. The van der Waals surface area contributed by atoms with Crippen molar-refractivity contribution < 1.29 is 4.74 Å². The predicted octanol–water partition coefficient (Wildman–Crippen LogP) is 1.72. The van der Waals surface area contributed by atoms with Gasteiger partial charge in [-0.1, -0.05) is 6.92 Å². The Hall–Kier alpha value is -0.960. The molecular weight excluding hydrogens is 188 g/mol. The molecule has 0 amide bonds. The van der Waals surface area contributed by atoms with Gasteiger partial charge in [-0.2, -0.15) is 0 Å². The fraction of sp³-hybridized carbons (Fsp3) is 0.667. The summed E-state index contributed by atoms with van der Waals surface area (Å²) in [4.78, 5) is 2.12. The Morgan fingerprint density at radius 3 is 2.80 bits per heavy atom. The molecule has 0 radical (unpaired) electrons. The van der Waals surface area contributed by atoms with Gasteiger partial charge in [0.15, 0.2) is 0 Å². The number of hydrogen-bond acceptors (Lipinski definition) is 3. The molecule has 0 aromatic carbocycles. The molecule has 1 unspecified atom stereocenters. The molecule has 1 aliphatic carbocycles. The Bertz CT molecular complexity index is 279. The molecule has 3 heteroatoms. The van der Waals surface area contributed by atoms with Gasteiger partial charge in [-0.3, -0.25) is 0 Å². The molecular formula is C12H22N2O. The van der Waals surface area contributed by atoms with Crippen LogP contribution >= 0.6 is 0 Å². The Balaban J connectivity index is 2.50. The smallest absolute Gasteiger partial charge is 0.100 e. The van der Waals surface area contributed by atoms with Gasteiger partial charge in [0.25, 0.3) is 0 Å². The Kier molecular flexibility index (Phi) is 4.21. The third-order valence-electron chi connectivity index (χ3n) is 2.70. The van der Waals surface area contributed by atoms with E-state index in [9.17, 15) is 0 Å². The number of ether oxygens (including phenoxy) is 1. The van der Waals surface area contributed by atoms with Gasteiger partial charge in [-0.25, -0.2) is 0 Å². The van der Waals surface area contributed by atoms with Crippen molar-refractivity contribution in [1.82, 2.24) is 4.90 Å². The average Bonchev–Trinajstić information content (AvgIpc) is 2.13. The van der Waals surface area contributed by atoms with Gasteiger partial charge in [-0.05, 0) is 32.7 Å². The molecule has 0 aromatic rings. The first-order valence-corrected chi connectivity index (χ1v) is 5.45. The molecule has 1 atom stereocenters. The predicted molar refractivity (Wildman–Crippen MR) is 63.3 cm³/mol. The summed E-state index contributed by atoms with van der Waals surface area (Å²) in [5, 5.41) is 0. The van der Waals surface area contributed by atoms with Crippen LogP contribution in [0.4, 0.5) is 0 Å². The van der Waals surface area contributed by atoms with Gasteiger partial charge in [0.2, 0.25) is 0 Å². The summed E-state index contributed by atoms with van der Waals surface area (Å²) >= 11 is 0. The van der Waals surface area contributed by atoms with Crippen LogP contribution in [0.2, 0.25) is 0 Å². The highest BCUT2D eigenvalue weighted by atomic mass is 16.5. The summed E-state index contributed by atoms with van der Waals surface area (Å²) in [5.41, 5.74) is 8.01. The van der Waals surface area contributed by atoms with Gasteiger partial charge in [0.1, 0.15) is 6.61 Å². The minimum Gasteiger partial charge on any atom is -0.496 e. The van der Waals surface area contributed by atoms with E-state index < -0.39 is 0 Å². The number of allylic oxidation sites excluding steroid dienone is 4. The molecule has 86 valence electrons. The van der Waals surface area contributed by atoms with Crippen molar-refractivity contribution in [2.24, 2.45) is 11.7 Å². The normalized spacial score (nSPS) is 21.9. The third kappa shape index (κ3) is 3.59. The van der Waals surface area contributed by atoms with Gasteiger partial charge in [0.05, 0.1) is 5.76 Å². The fourth-order valence-electron chi connectivity index (χ4n) is 1.55. The minimum absolute atomic E-state index is 0.406. The van der Waals surface area contributed by atoms with Gasteiger partial charge in [0, 0.05) is 24.6 Å². The van der Waals surface area contributed by atoms with E-state index in [2.05, 4.69) is 18.7 Å². The van der Waals surface area contributed by atoms with Crippen molar-refractivity contribution in [3.8, 4) is 0 Å². The largest absolute Gasteiger partial charge is 0.496 e. The topological polar surface area (TPSA) is 38.5 Å². The van der Waals surface area contributed by atoms with E-state index >= 15 is 0 Å². The number of rotatable bonds is 4. The van der Waals surface area contributed by atoms with E-state index in [1.54, 1.807) is 0 Å². The number of nitrogens with zero attached hydrogens (tertiary/aromatic N) is 1. The second-order valence-corrected chi connectivity index (χ2v) is 4.51. The SMILES string of the molecule is CC1=C(OCCN(C)C)CC(C)C(N)=C1. The van der Waals surface area contributed by atoms with Crippen molar-refractivity contribution in [3.05, 3.63) is 23.1 Å². The summed E-state index contributed by atoms with van der Waals surface area (Å²) in [6, 6.07) is 0. The summed E-state index contributed by atoms with van der Waals surface area (Å²) in [6.45, 7) is 5.89. The molecule has 0 saturated carbocycles. The summed E-state index contributed by atoms with van der Waals surface area (Å²) in [5.74, 6) is 1.50. The molecule has 2 N–H and O–H groups in total. The number of likely N-dealkylation sites (N-methyl/N-ethyl adjacent to an activating group) is 1. The maximum absolute atomic E-state index is 5.87. The van der Waals surface area contributed by atoms with Crippen molar-refractivity contribution in [2.45, 2.75) is 20.3 Å². The molecule has 3 nitrogen and oxygen atoms in total. The molecule has 0 aromatic heterocycles. The maximum atomic E-state index is 5.87. The minimum atomic E-state index is 0.406. The quantitative estimate of drug-likeness (QED) is 0.768. The molecule has 0 spiro atoms. The van der Waals surface area contributed by atoms with Crippen molar-refractivity contribution in [1.29, 1.82) is 0 Å². The molecule has 0 aliphatic heterocycles. The van der Waals surface area contributed by atoms with E-state index in [0.717, 1.165) is 31.0 Å². The second-order valence-electron chi connectivity index (χ2n) is 4.51. The standard InChI is InChI=1S/C12H22N2O/c1-9-8-12(10(2)7-11(9)13)15-6-5-14(3)4/h7,9H,5-6,8,13H2,1-4H3. The summed E-state index contributed by atoms with van der Waals surface area (Å²) < 4.78 is 5.76. The van der Waals surface area contributed by atoms with Crippen LogP contribution in [0.3, 0.4) is 0 Å². The lowest BCUT2D eigenvalue weighted by atomic mass is 9.94. The van der Waals surface area contributed by atoms with E-state index in [1.165, 1.54) is 5.57 Å². The fourth-order valence-corrected chi connectivity index (χ4v) is 1.55. The Labute approximate surface area is 92.6 Å². The van der Waals surface area contributed by atoms with Crippen LogP contribution in [0.1, 0.15) is 20.3 Å². The van der Waals surface area contributed by atoms with Gasteiger partial charge in [-0.15, -0.1) is 0 Å². The van der Waals surface area contributed by atoms with E-state index in [4.69, 9.17) is 10.5 Å². The van der Waals surface area contributed by atoms with Crippen LogP contribution in [0.15, 0.2) is 23.1 Å². The van der Waals surface area contributed by atoms with Crippen molar-refractivity contribution >= 4 is 0 Å².